The summed E-state index contributed by atoms with van der Waals surface area (Å²) in [5.74, 6) is -0.572. The third-order valence-electron chi connectivity index (χ3n) is 4.44. The molecule has 0 aromatic heterocycles. The summed E-state index contributed by atoms with van der Waals surface area (Å²) in [5.41, 5.74) is 0.714. The van der Waals surface area contributed by atoms with E-state index < -0.39 is 0 Å². The smallest absolute Gasteiger partial charge is 0.234 e. The van der Waals surface area contributed by atoms with Crippen LogP contribution in [0.15, 0.2) is 28.7 Å². The Balaban J connectivity index is 2.07. The first kappa shape index (κ1) is 13.8. The van der Waals surface area contributed by atoms with Crippen molar-refractivity contribution in [3.63, 3.8) is 0 Å². The number of benzene rings is 1. The minimum atomic E-state index is -0.266. The lowest BCUT2D eigenvalue weighted by atomic mass is 9.66. The molecule has 3 rings (SSSR count). The predicted molar refractivity (Wildman–Crippen MR) is 79.2 cm³/mol. The molecule has 5 heteroatoms. The van der Waals surface area contributed by atoms with E-state index in [4.69, 9.17) is 0 Å². The number of nitrogens with zero attached hydrogens (tertiary/aromatic N) is 1. The summed E-state index contributed by atoms with van der Waals surface area (Å²) in [7, 11) is 2.04. The molecule has 0 aliphatic carbocycles. The fraction of sp³-hybridized carbons (Fsp3) is 0.467. The van der Waals surface area contributed by atoms with Crippen molar-refractivity contribution in [3.8, 4) is 0 Å². The summed E-state index contributed by atoms with van der Waals surface area (Å²) in [6.45, 7) is 1.72. The number of carbonyl (C=O) groups is 2. The van der Waals surface area contributed by atoms with Crippen molar-refractivity contribution in [1.29, 1.82) is 0 Å². The Bertz CT molecular complexity index is 575. The standard InChI is InChI=1S/C15H17BrN2O2/c1-18-7-6-15(9-18)8-12(19)17-14(20)13(15)10-4-2-3-5-11(10)16/h2-5,13H,6-9H2,1H3,(H,17,19,20). The molecule has 0 radical (unpaired) electrons. The second kappa shape index (κ2) is 4.97. The zero-order chi connectivity index (χ0) is 14.3. The second-order valence-electron chi connectivity index (χ2n) is 5.89. The molecule has 2 unspecified atom stereocenters. The van der Waals surface area contributed by atoms with Crippen molar-refractivity contribution in [2.75, 3.05) is 20.1 Å². The summed E-state index contributed by atoms with van der Waals surface area (Å²) in [6, 6.07) is 7.80. The number of carbonyl (C=O) groups excluding carboxylic acids is 2. The van der Waals surface area contributed by atoms with Gasteiger partial charge in [0.2, 0.25) is 11.8 Å². The molecule has 2 atom stereocenters. The molecule has 4 nitrogen and oxygen atoms in total. The summed E-state index contributed by atoms with van der Waals surface area (Å²) < 4.78 is 0.934. The van der Waals surface area contributed by atoms with Crippen LogP contribution in [0.25, 0.3) is 0 Å². The Hall–Kier alpha value is -1.20. The van der Waals surface area contributed by atoms with Gasteiger partial charge in [-0.2, -0.15) is 0 Å². The Labute approximate surface area is 126 Å². The van der Waals surface area contributed by atoms with E-state index in [9.17, 15) is 9.59 Å². The first-order valence-electron chi connectivity index (χ1n) is 6.78. The highest BCUT2D eigenvalue weighted by Gasteiger charge is 2.52. The average Bonchev–Trinajstić information content (AvgIpc) is 2.72. The molecule has 1 aromatic rings. The van der Waals surface area contributed by atoms with Crippen molar-refractivity contribution in [1.82, 2.24) is 10.2 Å². The van der Waals surface area contributed by atoms with E-state index in [0.717, 1.165) is 29.5 Å². The Morgan fingerprint density at radius 1 is 1.35 bits per heavy atom. The average molecular weight is 337 g/mol. The van der Waals surface area contributed by atoms with E-state index in [2.05, 4.69) is 26.1 Å². The maximum atomic E-state index is 12.5. The van der Waals surface area contributed by atoms with Gasteiger partial charge in [0.15, 0.2) is 0 Å². The molecule has 106 valence electrons. The van der Waals surface area contributed by atoms with Gasteiger partial charge in [-0.1, -0.05) is 34.1 Å². The Morgan fingerprint density at radius 3 is 2.75 bits per heavy atom. The van der Waals surface area contributed by atoms with Gasteiger partial charge in [0.1, 0.15) is 0 Å². The van der Waals surface area contributed by atoms with Gasteiger partial charge in [0.25, 0.3) is 0 Å². The molecule has 2 heterocycles. The number of likely N-dealkylation sites (tertiary alicyclic amines) is 1. The van der Waals surface area contributed by atoms with E-state index in [1.165, 1.54) is 0 Å². The maximum Gasteiger partial charge on any atom is 0.234 e. The minimum Gasteiger partial charge on any atom is -0.306 e. The molecular formula is C15H17BrN2O2. The largest absolute Gasteiger partial charge is 0.306 e. The number of hydrogen-bond acceptors (Lipinski definition) is 3. The van der Waals surface area contributed by atoms with Crippen LogP contribution in [-0.4, -0.2) is 36.9 Å². The molecule has 0 bridgehead atoms. The molecular weight excluding hydrogens is 320 g/mol. The molecule has 2 aliphatic heterocycles. The maximum absolute atomic E-state index is 12.5. The fourth-order valence-corrected chi connectivity index (χ4v) is 4.14. The van der Waals surface area contributed by atoms with Gasteiger partial charge >= 0.3 is 0 Å². The third kappa shape index (κ3) is 2.19. The van der Waals surface area contributed by atoms with Crippen LogP contribution in [0.1, 0.15) is 24.3 Å². The summed E-state index contributed by atoms with van der Waals surface area (Å²) in [5, 5.41) is 2.50. The first-order chi connectivity index (χ1) is 9.52. The molecule has 20 heavy (non-hydrogen) atoms. The molecule has 0 saturated carbocycles. The van der Waals surface area contributed by atoms with Gasteiger partial charge in [0, 0.05) is 22.9 Å². The number of halogens is 1. The van der Waals surface area contributed by atoms with Gasteiger partial charge in [-0.15, -0.1) is 0 Å². The zero-order valence-electron chi connectivity index (χ0n) is 11.4. The first-order valence-corrected chi connectivity index (χ1v) is 7.58. The lowest BCUT2D eigenvalue weighted by Gasteiger charge is -2.40. The molecule has 1 N–H and O–H groups in total. The van der Waals surface area contributed by atoms with Crippen molar-refractivity contribution in [3.05, 3.63) is 34.3 Å². The third-order valence-corrected chi connectivity index (χ3v) is 5.16. The normalized spacial score (nSPS) is 30.8. The second-order valence-corrected chi connectivity index (χ2v) is 6.75. The lowest BCUT2D eigenvalue weighted by Crippen LogP contribution is -2.51. The lowest BCUT2D eigenvalue weighted by molar-refractivity contribution is -0.139. The summed E-state index contributed by atoms with van der Waals surface area (Å²) >= 11 is 3.54. The molecule has 2 fully saturated rings. The Kier molecular flexibility index (Phi) is 3.42. The molecule has 1 aromatic carbocycles. The van der Waals surface area contributed by atoms with Crippen molar-refractivity contribution in [2.24, 2.45) is 5.41 Å². The van der Waals surface area contributed by atoms with Gasteiger partial charge in [-0.3, -0.25) is 14.9 Å². The number of piperidine rings is 1. The predicted octanol–water partition coefficient (Wildman–Crippen LogP) is 1.90. The molecule has 1 spiro atoms. The van der Waals surface area contributed by atoms with Crippen LogP contribution in [0, 0.1) is 5.41 Å². The highest BCUT2D eigenvalue weighted by molar-refractivity contribution is 9.10. The van der Waals surface area contributed by atoms with Crippen LogP contribution in [0.3, 0.4) is 0 Å². The molecule has 2 saturated heterocycles. The van der Waals surface area contributed by atoms with Gasteiger partial charge in [-0.25, -0.2) is 0 Å². The monoisotopic (exact) mass is 336 g/mol. The Morgan fingerprint density at radius 2 is 2.10 bits per heavy atom. The number of amides is 2. The number of hydrogen-bond donors (Lipinski definition) is 1. The van der Waals surface area contributed by atoms with Crippen LogP contribution >= 0.6 is 15.9 Å². The zero-order valence-corrected chi connectivity index (χ0v) is 12.9. The van der Waals surface area contributed by atoms with Crippen molar-refractivity contribution < 1.29 is 9.59 Å². The van der Waals surface area contributed by atoms with E-state index in [1.54, 1.807) is 0 Å². The van der Waals surface area contributed by atoms with Crippen molar-refractivity contribution in [2.45, 2.75) is 18.8 Å². The van der Waals surface area contributed by atoms with Gasteiger partial charge in [-0.05, 0) is 31.6 Å². The number of nitrogens with one attached hydrogen (secondary N) is 1. The molecule has 2 amide bonds. The van der Waals surface area contributed by atoms with Crippen molar-refractivity contribution >= 4 is 27.7 Å². The fourth-order valence-electron chi connectivity index (χ4n) is 3.62. The van der Waals surface area contributed by atoms with Crippen LogP contribution in [0.2, 0.25) is 0 Å². The van der Waals surface area contributed by atoms with Crippen LogP contribution in [0.5, 0.6) is 0 Å². The van der Waals surface area contributed by atoms with E-state index in [-0.39, 0.29) is 23.1 Å². The molecule has 2 aliphatic rings. The number of rotatable bonds is 1. The van der Waals surface area contributed by atoms with Crippen LogP contribution in [0.4, 0.5) is 0 Å². The van der Waals surface area contributed by atoms with E-state index >= 15 is 0 Å². The minimum absolute atomic E-state index is 0.145. The van der Waals surface area contributed by atoms with Crippen LogP contribution in [-0.2, 0) is 9.59 Å². The highest BCUT2D eigenvalue weighted by atomic mass is 79.9. The quantitative estimate of drug-likeness (QED) is 0.797. The topological polar surface area (TPSA) is 49.4 Å². The summed E-state index contributed by atoms with van der Waals surface area (Å²) in [4.78, 5) is 26.5. The van der Waals surface area contributed by atoms with Gasteiger partial charge in [0.05, 0.1) is 5.92 Å². The number of imide groups is 1. The van der Waals surface area contributed by atoms with E-state index in [1.807, 2.05) is 31.3 Å². The van der Waals surface area contributed by atoms with E-state index in [0.29, 0.717) is 6.42 Å². The summed E-state index contributed by atoms with van der Waals surface area (Å²) in [6.07, 6.45) is 1.31. The van der Waals surface area contributed by atoms with Crippen LogP contribution < -0.4 is 5.32 Å². The SMILES string of the molecule is CN1CCC2(CC(=O)NC(=O)C2c2ccccc2Br)C1. The highest BCUT2D eigenvalue weighted by Crippen LogP contribution is 2.49. The van der Waals surface area contributed by atoms with Gasteiger partial charge < -0.3 is 4.90 Å².